The van der Waals surface area contributed by atoms with Gasteiger partial charge in [0.25, 0.3) is 0 Å². The smallest absolute Gasteiger partial charge is 0.160 e. The molecule has 0 bridgehead atoms. The highest BCUT2D eigenvalue weighted by Crippen LogP contribution is 2.50. The average Bonchev–Trinajstić information content (AvgIpc) is 3.86. The van der Waals surface area contributed by atoms with E-state index in [9.17, 15) is 0 Å². The summed E-state index contributed by atoms with van der Waals surface area (Å²) in [4.78, 5) is 0. The normalized spacial score (nSPS) is 12.3. The van der Waals surface area contributed by atoms with Crippen molar-refractivity contribution < 1.29 is 8.83 Å². The third-order valence-electron chi connectivity index (χ3n) is 9.57. The van der Waals surface area contributed by atoms with Crippen molar-refractivity contribution in [2.24, 2.45) is 0 Å². The second kappa shape index (κ2) is 8.87. The van der Waals surface area contributed by atoms with Crippen molar-refractivity contribution in [3.8, 4) is 16.8 Å². The summed E-state index contributed by atoms with van der Waals surface area (Å²) in [6.45, 7) is 0. The SMILES string of the molecule is c1cc(-c2ccc3c(c2)oc2ccccc23)cc(-n2c3ccccc3c3c4sc5ccccc5c4c4c5ccccc5oc4c32)c1. The summed E-state index contributed by atoms with van der Waals surface area (Å²) >= 11 is 1.88. The maximum Gasteiger partial charge on any atom is 0.160 e. The van der Waals surface area contributed by atoms with Gasteiger partial charge in [0.2, 0.25) is 0 Å². The van der Waals surface area contributed by atoms with Gasteiger partial charge < -0.3 is 13.4 Å². The van der Waals surface area contributed by atoms with E-state index in [4.69, 9.17) is 8.83 Å². The Balaban J connectivity index is 1.26. The maximum absolute atomic E-state index is 6.85. The lowest BCUT2D eigenvalue weighted by molar-refractivity contribution is 0.669. The van der Waals surface area contributed by atoms with Crippen LogP contribution in [0.1, 0.15) is 0 Å². The third-order valence-corrected chi connectivity index (χ3v) is 10.8. The number of hydrogen-bond acceptors (Lipinski definition) is 3. The Kier molecular flexibility index (Phi) is 4.72. The highest BCUT2D eigenvalue weighted by molar-refractivity contribution is 7.27. The molecule has 0 aliphatic rings. The van der Waals surface area contributed by atoms with Crippen LogP contribution in [-0.4, -0.2) is 4.57 Å². The predicted octanol–water partition coefficient (Wildman–Crippen LogP) is 12.6. The molecule has 0 spiro atoms. The molecule has 4 heterocycles. The van der Waals surface area contributed by atoms with Crippen molar-refractivity contribution in [2.45, 2.75) is 0 Å². The van der Waals surface area contributed by atoms with Crippen molar-refractivity contribution in [1.82, 2.24) is 4.57 Å². The molecule has 4 heteroatoms. The van der Waals surface area contributed by atoms with E-state index in [1.807, 2.05) is 23.5 Å². The van der Waals surface area contributed by atoms with Gasteiger partial charge in [-0.3, -0.25) is 0 Å². The van der Waals surface area contributed by atoms with Crippen LogP contribution in [0.3, 0.4) is 0 Å². The van der Waals surface area contributed by atoms with Crippen LogP contribution in [0.5, 0.6) is 0 Å². The van der Waals surface area contributed by atoms with Crippen LogP contribution in [0.15, 0.2) is 148 Å². The van der Waals surface area contributed by atoms with Gasteiger partial charge in [-0.1, -0.05) is 91.0 Å². The molecule has 0 aliphatic heterocycles. The Bertz CT molecular complexity index is 3040. The van der Waals surface area contributed by atoms with Crippen molar-refractivity contribution in [3.05, 3.63) is 140 Å². The van der Waals surface area contributed by atoms with E-state index in [0.29, 0.717) is 0 Å². The molecule has 0 N–H and O–H groups in total. The fraction of sp³-hybridized carbons (Fsp3) is 0. The monoisotopic (exact) mass is 605 g/mol. The minimum absolute atomic E-state index is 0.900. The van der Waals surface area contributed by atoms with Gasteiger partial charge in [0.1, 0.15) is 16.7 Å². The van der Waals surface area contributed by atoms with E-state index >= 15 is 0 Å². The molecular formula is C42H23NO2S. The summed E-state index contributed by atoms with van der Waals surface area (Å²) in [5, 5.41) is 9.65. The molecule has 7 aromatic carbocycles. The van der Waals surface area contributed by atoms with Crippen molar-refractivity contribution in [3.63, 3.8) is 0 Å². The van der Waals surface area contributed by atoms with Crippen LogP contribution in [0, 0.1) is 0 Å². The highest BCUT2D eigenvalue weighted by Gasteiger charge is 2.25. The Hall–Kier alpha value is -5.84. The number of thiophene rings is 1. The van der Waals surface area contributed by atoms with E-state index in [0.717, 1.165) is 66.3 Å². The number of hydrogen-bond donors (Lipinski definition) is 0. The second-order valence-corrected chi connectivity index (χ2v) is 13.1. The standard InChI is InChI=1S/C42H23NO2S/c1-5-16-32-29(13-1)39-40(41-37(30-14-3-7-18-34(30)45-41)38-31-15-4-8-19-36(31)46-42(38)39)43(32)26-11-9-10-24(22-26)25-20-21-28-27-12-2-6-17-33(27)44-35(28)23-25/h1-23H. The Morgan fingerprint density at radius 1 is 0.457 bits per heavy atom. The summed E-state index contributed by atoms with van der Waals surface area (Å²) in [6, 6.07) is 49.6. The first kappa shape index (κ1) is 24.5. The average molecular weight is 606 g/mol. The van der Waals surface area contributed by atoms with Crippen LogP contribution in [0.25, 0.3) is 103 Å². The van der Waals surface area contributed by atoms with Gasteiger partial charge >= 0.3 is 0 Å². The van der Waals surface area contributed by atoms with Gasteiger partial charge in [0, 0.05) is 58.2 Å². The lowest BCUT2D eigenvalue weighted by atomic mass is 10.0. The number of nitrogens with zero attached hydrogens (tertiary/aromatic N) is 1. The molecule has 0 amide bonds. The molecule has 0 fully saturated rings. The largest absolute Gasteiger partial charge is 0.456 e. The van der Waals surface area contributed by atoms with Crippen LogP contribution in [-0.2, 0) is 0 Å². The molecule has 0 unspecified atom stereocenters. The van der Waals surface area contributed by atoms with Crippen molar-refractivity contribution in [1.29, 1.82) is 0 Å². The summed E-state index contributed by atoms with van der Waals surface area (Å²) in [5.41, 5.74) is 9.27. The Labute approximate surface area is 266 Å². The zero-order valence-corrected chi connectivity index (χ0v) is 25.3. The minimum Gasteiger partial charge on any atom is -0.456 e. The lowest BCUT2D eigenvalue weighted by Crippen LogP contribution is -1.94. The summed E-state index contributed by atoms with van der Waals surface area (Å²) < 4.78 is 18.1. The van der Waals surface area contributed by atoms with Gasteiger partial charge in [-0.25, -0.2) is 0 Å². The van der Waals surface area contributed by atoms with E-state index in [2.05, 4.69) is 132 Å². The van der Waals surface area contributed by atoms with Crippen LogP contribution < -0.4 is 0 Å². The fourth-order valence-electron chi connectivity index (χ4n) is 7.61. The quantitative estimate of drug-likeness (QED) is 0.196. The number of aromatic nitrogens is 1. The molecular weight excluding hydrogens is 583 g/mol. The Morgan fingerprint density at radius 3 is 2.04 bits per heavy atom. The summed E-state index contributed by atoms with van der Waals surface area (Å²) in [5.74, 6) is 0. The van der Waals surface area contributed by atoms with E-state index in [1.54, 1.807) is 0 Å². The molecule has 0 aliphatic carbocycles. The van der Waals surface area contributed by atoms with Gasteiger partial charge in [-0.2, -0.15) is 0 Å². The molecule has 0 saturated heterocycles. The number of para-hydroxylation sites is 3. The molecule has 214 valence electrons. The lowest BCUT2D eigenvalue weighted by Gasteiger charge is -2.11. The maximum atomic E-state index is 6.85. The number of furan rings is 2. The molecule has 0 radical (unpaired) electrons. The zero-order valence-electron chi connectivity index (χ0n) is 24.5. The van der Waals surface area contributed by atoms with Crippen LogP contribution >= 0.6 is 11.3 Å². The van der Waals surface area contributed by atoms with Crippen molar-refractivity contribution in [2.75, 3.05) is 0 Å². The Morgan fingerprint density at radius 2 is 1.15 bits per heavy atom. The first-order valence-electron chi connectivity index (χ1n) is 15.5. The van der Waals surface area contributed by atoms with Crippen molar-refractivity contribution >= 4 is 97.2 Å². The molecule has 4 aromatic heterocycles. The van der Waals surface area contributed by atoms with Gasteiger partial charge in [-0.15, -0.1) is 11.3 Å². The van der Waals surface area contributed by atoms with Crippen LogP contribution in [0.2, 0.25) is 0 Å². The molecule has 46 heavy (non-hydrogen) atoms. The minimum atomic E-state index is 0.900. The molecule has 0 saturated carbocycles. The summed E-state index contributed by atoms with van der Waals surface area (Å²) in [6.07, 6.45) is 0. The number of rotatable bonds is 2. The fourth-order valence-corrected chi connectivity index (χ4v) is 8.88. The second-order valence-electron chi connectivity index (χ2n) is 12.0. The van der Waals surface area contributed by atoms with E-state index < -0.39 is 0 Å². The van der Waals surface area contributed by atoms with E-state index in [-0.39, 0.29) is 0 Å². The van der Waals surface area contributed by atoms with E-state index in [1.165, 1.54) is 36.3 Å². The topological polar surface area (TPSA) is 31.2 Å². The summed E-state index contributed by atoms with van der Waals surface area (Å²) in [7, 11) is 0. The first-order valence-corrected chi connectivity index (χ1v) is 16.3. The van der Waals surface area contributed by atoms with Gasteiger partial charge in [0.15, 0.2) is 5.58 Å². The first-order chi connectivity index (χ1) is 22.8. The molecule has 3 nitrogen and oxygen atoms in total. The van der Waals surface area contributed by atoms with Crippen LogP contribution in [0.4, 0.5) is 0 Å². The third kappa shape index (κ3) is 3.16. The van der Waals surface area contributed by atoms with Gasteiger partial charge in [0.05, 0.1) is 11.0 Å². The molecule has 11 rings (SSSR count). The molecule has 11 aromatic rings. The predicted molar refractivity (Wildman–Crippen MR) is 194 cm³/mol. The highest BCUT2D eigenvalue weighted by atomic mass is 32.1. The number of fused-ring (bicyclic) bond motifs is 15. The van der Waals surface area contributed by atoms with Gasteiger partial charge in [-0.05, 0) is 59.7 Å². The number of benzene rings is 7. The molecule has 0 atom stereocenters. The zero-order chi connectivity index (χ0) is 29.9.